The number of furan rings is 1. The van der Waals surface area contributed by atoms with E-state index < -0.39 is 10.8 Å². The highest BCUT2D eigenvalue weighted by molar-refractivity contribution is 8.18. The largest absolute Gasteiger partial charge is 0.457 e. The summed E-state index contributed by atoms with van der Waals surface area (Å²) in [6.07, 6.45) is 1.50. The first-order chi connectivity index (χ1) is 14.8. The third-order valence-electron chi connectivity index (χ3n) is 4.73. The Hall–Kier alpha value is -3.36. The number of thioether (sulfide) groups is 1. The van der Waals surface area contributed by atoms with E-state index in [0.29, 0.717) is 22.1 Å². The molecule has 0 N–H and O–H groups in total. The van der Waals surface area contributed by atoms with Crippen LogP contribution in [-0.2, 0) is 11.3 Å². The van der Waals surface area contributed by atoms with E-state index in [1.165, 1.54) is 18.2 Å². The monoisotopic (exact) mass is 454 g/mol. The fourth-order valence-corrected chi connectivity index (χ4v) is 4.05. The summed E-state index contributed by atoms with van der Waals surface area (Å²) >= 11 is 6.71. The SMILES string of the molecule is Cc1ccc([N+](=O)[O-])cc1-c1ccc(/C=C2\SC(=O)N(Cc3ccc(Cl)cc3)C2=O)o1. The number of hydrogen-bond acceptors (Lipinski definition) is 6. The van der Waals surface area contributed by atoms with Crippen molar-refractivity contribution in [2.75, 3.05) is 0 Å². The lowest BCUT2D eigenvalue weighted by Gasteiger charge is -2.12. The van der Waals surface area contributed by atoms with Gasteiger partial charge in [0.05, 0.1) is 16.4 Å². The molecule has 7 nitrogen and oxygen atoms in total. The van der Waals surface area contributed by atoms with Crippen molar-refractivity contribution in [3.63, 3.8) is 0 Å². The number of non-ortho nitro benzene ring substituents is 1. The van der Waals surface area contributed by atoms with Gasteiger partial charge in [0.2, 0.25) is 0 Å². The topological polar surface area (TPSA) is 93.7 Å². The van der Waals surface area contributed by atoms with E-state index in [1.807, 2.05) is 6.92 Å². The second-order valence-corrected chi connectivity index (χ2v) is 8.28. The molecule has 1 saturated heterocycles. The fourth-order valence-electron chi connectivity index (χ4n) is 3.10. The molecule has 31 heavy (non-hydrogen) atoms. The summed E-state index contributed by atoms with van der Waals surface area (Å²) in [7, 11) is 0. The summed E-state index contributed by atoms with van der Waals surface area (Å²) in [5, 5.41) is 11.3. The predicted octanol–water partition coefficient (Wildman–Crippen LogP) is 6.05. The van der Waals surface area contributed by atoms with Gasteiger partial charge in [-0.15, -0.1) is 0 Å². The number of imide groups is 1. The van der Waals surface area contributed by atoms with Crippen LogP contribution < -0.4 is 0 Å². The van der Waals surface area contributed by atoms with Gasteiger partial charge < -0.3 is 4.42 Å². The molecule has 1 fully saturated rings. The lowest BCUT2D eigenvalue weighted by Crippen LogP contribution is -2.27. The molecular formula is C22H15ClN2O5S. The van der Waals surface area contributed by atoms with Crippen molar-refractivity contribution in [1.82, 2.24) is 4.90 Å². The van der Waals surface area contributed by atoms with Crippen molar-refractivity contribution < 1.29 is 18.9 Å². The number of nitro benzene ring substituents is 1. The molecule has 1 aromatic heterocycles. The Morgan fingerprint density at radius 3 is 2.58 bits per heavy atom. The smallest absolute Gasteiger partial charge is 0.293 e. The van der Waals surface area contributed by atoms with Crippen LogP contribution in [0.5, 0.6) is 0 Å². The number of amides is 2. The number of aryl methyl sites for hydroxylation is 1. The first-order valence-corrected chi connectivity index (χ1v) is 10.4. The molecule has 0 radical (unpaired) electrons. The Kier molecular flexibility index (Phi) is 5.67. The van der Waals surface area contributed by atoms with Gasteiger partial charge in [0, 0.05) is 28.8 Å². The quantitative estimate of drug-likeness (QED) is 0.264. The average molecular weight is 455 g/mol. The highest BCUT2D eigenvalue weighted by Gasteiger charge is 2.35. The van der Waals surface area contributed by atoms with Crippen LogP contribution in [0.4, 0.5) is 10.5 Å². The second kappa shape index (κ2) is 8.41. The van der Waals surface area contributed by atoms with Gasteiger partial charge in [0.15, 0.2) is 0 Å². The van der Waals surface area contributed by atoms with E-state index in [2.05, 4.69) is 0 Å². The number of nitro groups is 1. The van der Waals surface area contributed by atoms with E-state index in [4.69, 9.17) is 16.0 Å². The van der Waals surface area contributed by atoms with Crippen molar-refractivity contribution in [2.45, 2.75) is 13.5 Å². The molecule has 3 aromatic rings. The normalized spacial score (nSPS) is 15.2. The minimum Gasteiger partial charge on any atom is -0.457 e. The molecular weight excluding hydrogens is 440 g/mol. The molecule has 0 bridgehead atoms. The van der Waals surface area contributed by atoms with Crippen LogP contribution in [0.3, 0.4) is 0 Å². The zero-order valence-electron chi connectivity index (χ0n) is 16.2. The van der Waals surface area contributed by atoms with Crippen LogP contribution >= 0.6 is 23.4 Å². The first-order valence-electron chi connectivity index (χ1n) is 9.17. The van der Waals surface area contributed by atoms with Crippen LogP contribution in [0.25, 0.3) is 17.4 Å². The Bertz CT molecular complexity index is 1230. The number of rotatable bonds is 5. The lowest BCUT2D eigenvalue weighted by atomic mass is 10.1. The molecule has 0 unspecified atom stereocenters. The maximum atomic E-state index is 12.7. The van der Waals surface area contributed by atoms with Gasteiger partial charge in [-0.25, -0.2) is 0 Å². The number of benzene rings is 2. The minimum absolute atomic E-state index is 0.0399. The van der Waals surface area contributed by atoms with Crippen LogP contribution in [0.1, 0.15) is 16.9 Å². The first kappa shape index (κ1) is 20.9. The van der Waals surface area contributed by atoms with Crippen molar-refractivity contribution in [2.24, 2.45) is 0 Å². The predicted molar refractivity (Wildman–Crippen MR) is 119 cm³/mol. The molecule has 2 aromatic carbocycles. The van der Waals surface area contributed by atoms with Gasteiger partial charge in [-0.3, -0.25) is 24.6 Å². The average Bonchev–Trinajstić information content (AvgIpc) is 3.30. The summed E-state index contributed by atoms with van der Waals surface area (Å²) in [4.78, 5) is 37.0. The Balaban J connectivity index is 1.56. The van der Waals surface area contributed by atoms with Crippen molar-refractivity contribution in [3.05, 3.63) is 91.5 Å². The number of carbonyl (C=O) groups excluding carboxylic acids is 2. The van der Waals surface area contributed by atoms with Crippen molar-refractivity contribution >= 4 is 46.3 Å². The molecule has 2 heterocycles. The summed E-state index contributed by atoms with van der Waals surface area (Å²) in [6.45, 7) is 1.97. The van der Waals surface area contributed by atoms with Gasteiger partial charge in [0.25, 0.3) is 16.8 Å². The number of hydrogen-bond donors (Lipinski definition) is 0. The summed E-state index contributed by atoms with van der Waals surface area (Å²) in [6, 6.07) is 14.8. The van der Waals surface area contributed by atoms with Gasteiger partial charge in [0.1, 0.15) is 11.5 Å². The molecule has 1 aliphatic heterocycles. The Morgan fingerprint density at radius 2 is 1.87 bits per heavy atom. The zero-order chi connectivity index (χ0) is 22.1. The highest BCUT2D eigenvalue weighted by Crippen LogP contribution is 2.35. The molecule has 1 aliphatic rings. The second-order valence-electron chi connectivity index (χ2n) is 6.85. The number of carbonyl (C=O) groups is 2. The lowest BCUT2D eigenvalue weighted by molar-refractivity contribution is -0.384. The molecule has 9 heteroatoms. The Morgan fingerprint density at radius 1 is 1.13 bits per heavy atom. The van der Waals surface area contributed by atoms with Gasteiger partial charge in [-0.2, -0.15) is 0 Å². The maximum Gasteiger partial charge on any atom is 0.293 e. The molecule has 0 spiro atoms. The summed E-state index contributed by atoms with van der Waals surface area (Å²) < 4.78 is 5.79. The molecule has 156 valence electrons. The van der Waals surface area contributed by atoms with Crippen LogP contribution in [0, 0.1) is 17.0 Å². The molecule has 4 rings (SSSR count). The third-order valence-corrected chi connectivity index (χ3v) is 5.88. The van der Waals surface area contributed by atoms with Crippen molar-refractivity contribution in [1.29, 1.82) is 0 Å². The van der Waals surface area contributed by atoms with Crippen LogP contribution in [-0.4, -0.2) is 21.0 Å². The Labute approximate surface area is 186 Å². The van der Waals surface area contributed by atoms with Gasteiger partial charge >= 0.3 is 0 Å². The van der Waals surface area contributed by atoms with Crippen LogP contribution in [0.15, 0.2) is 63.9 Å². The van der Waals surface area contributed by atoms with E-state index >= 15 is 0 Å². The number of nitrogens with zero attached hydrogens (tertiary/aromatic N) is 2. The fraction of sp³-hybridized carbons (Fsp3) is 0.0909. The van der Waals surface area contributed by atoms with E-state index in [-0.39, 0.29) is 22.4 Å². The standard InChI is InChI=1S/C22H15ClN2O5S/c1-13-2-7-16(25(28)29)10-18(13)19-9-8-17(30-19)11-20-21(26)24(22(27)31-20)12-14-3-5-15(23)6-4-14/h2-11H,12H2,1H3/b20-11-. The summed E-state index contributed by atoms with van der Waals surface area (Å²) in [5.41, 5.74) is 2.15. The van der Waals surface area contributed by atoms with Gasteiger partial charge in [-0.1, -0.05) is 29.8 Å². The van der Waals surface area contributed by atoms with E-state index in [1.54, 1.807) is 42.5 Å². The van der Waals surface area contributed by atoms with Crippen LogP contribution in [0.2, 0.25) is 5.02 Å². The van der Waals surface area contributed by atoms with E-state index in [9.17, 15) is 19.7 Å². The van der Waals surface area contributed by atoms with E-state index in [0.717, 1.165) is 27.8 Å². The minimum atomic E-state index is -0.469. The molecule has 0 atom stereocenters. The zero-order valence-corrected chi connectivity index (χ0v) is 17.8. The third kappa shape index (κ3) is 4.40. The molecule has 0 aliphatic carbocycles. The maximum absolute atomic E-state index is 12.7. The van der Waals surface area contributed by atoms with Gasteiger partial charge in [-0.05, 0) is 54.1 Å². The molecule has 0 saturated carbocycles. The molecule has 2 amide bonds. The highest BCUT2D eigenvalue weighted by atomic mass is 35.5. The van der Waals surface area contributed by atoms with Crippen molar-refractivity contribution in [3.8, 4) is 11.3 Å². The summed E-state index contributed by atoms with van der Waals surface area (Å²) in [5.74, 6) is 0.403. The number of halogens is 1.